The van der Waals surface area contributed by atoms with Crippen LogP contribution in [-0.4, -0.2) is 9.13 Å². The Bertz CT molecular complexity index is 5500. The van der Waals surface area contributed by atoms with Crippen molar-refractivity contribution in [3.63, 3.8) is 0 Å². The number of hydrogen-bond donors (Lipinski definition) is 0. The van der Waals surface area contributed by atoms with Gasteiger partial charge in [-0.05, 0) is 158 Å². The van der Waals surface area contributed by atoms with Crippen LogP contribution in [0, 0.1) is 0 Å². The topological polar surface area (TPSA) is 9.86 Å². The molecule has 0 fully saturated rings. The normalized spacial score (nSPS) is 13.9. The fourth-order valence-electron chi connectivity index (χ4n) is 16.3. The quantitative estimate of drug-likeness (QED) is 0.152. The zero-order valence-electron chi connectivity index (χ0n) is 47.3. The Labute approximate surface area is 487 Å². The number of benzene rings is 14. The van der Waals surface area contributed by atoms with Gasteiger partial charge in [-0.15, -0.1) is 0 Å². The van der Waals surface area contributed by atoms with E-state index in [1.807, 2.05) is 0 Å². The molecule has 0 aliphatic heterocycles. The monoisotopic (exact) mass is 1070 g/mol. The SMILES string of the molecule is Cn1c2cccc(-c3ccc4c(c3)C(c3ccccc3)(c3ccccc3)c3ccccc3-4)c2c2c3ccc(-c4cc(-c5ccc6c(c5)C(C)(C)c5ccccc5-6)c5c6c7ccccc7c7ccccc7c6n(C)c5c4)cc3c3ccccc3c21. The highest BCUT2D eigenvalue weighted by Gasteiger charge is 2.46. The van der Waals surface area contributed by atoms with Crippen molar-refractivity contribution in [2.24, 2.45) is 14.1 Å². The van der Waals surface area contributed by atoms with Crippen molar-refractivity contribution >= 4 is 86.7 Å². The fraction of sp³-hybridized carbons (Fsp3) is 0.0732. The van der Waals surface area contributed by atoms with Crippen LogP contribution >= 0.6 is 0 Å². The Morgan fingerprint density at radius 1 is 0.250 bits per heavy atom. The van der Waals surface area contributed by atoms with E-state index in [2.05, 4.69) is 304 Å². The van der Waals surface area contributed by atoms with Crippen LogP contribution in [-0.2, 0) is 24.9 Å². The molecule has 0 atom stereocenters. The van der Waals surface area contributed by atoms with Crippen molar-refractivity contribution in [3.8, 4) is 55.6 Å². The van der Waals surface area contributed by atoms with Gasteiger partial charge in [-0.25, -0.2) is 0 Å². The van der Waals surface area contributed by atoms with Crippen molar-refractivity contribution in [3.05, 3.63) is 300 Å². The Morgan fingerprint density at radius 3 is 1.37 bits per heavy atom. The fourth-order valence-corrected chi connectivity index (χ4v) is 16.3. The summed E-state index contributed by atoms with van der Waals surface area (Å²) in [7, 11) is 4.55. The summed E-state index contributed by atoms with van der Waals surface area (Å²) in [5.41, 5.74) is 24.8. The molecule has 2 heterocycles. The zero-order chi connectivity index (χ0) is 55.7. The first-order valence-electron chi connectivity index (χ1n) is 29.6. The summed E-state index contributed by atoms with van der Waals surface area (Å²) in [6.45, 7) is 4.79. The van der Waals surface area contributed by atoms with Crippen LogP contribution in [0.2, 0.25) is 0 Å². The third kappa shape index (κ3) is 6.14. The van der Waals surface area contributed by atoms with Crippen LogP contribution in [0.3, 0.4) is 0 Å². The van der Waals surface area contributed by atoms with E-state index >= 15 is 0 Å². The molecule has 84 heavy (non-hydrogen) atoms. The number of nitrogens with zero attached hydrogens (tertiary/aromatic N) is 2. The molecule has 0 unspecified atom stereocenters. The van der Waals surface area contributed by atoms with Crippen molar-refractivity contribution < 1.29 is 0 Å². The molecule has 18 rings (SSSR count). The number of fused-ring (bicyclic) bond motifs is 22. The third-order valence-electron chi connectivity index (χ3n) is 20.0. The molecule has 2 nitrogen and oxygen atoms in total. The highest BCUT2D eigenvalue weighted by molar-refractivity contribution is 6.35. The van der Waals surface area contributed by atoms with E-state index in [1.165, 1.54) is 176 Å². The number of rotatable bonds is 5. The molecule has 2 aromatic heterocycles. The van der Waals surface area contributed by atoms with E-state index in [4.69, 9.17) is 0 Å². The molecule has 2 aliphatic rings. The molecule has 0 N–H and O–H groups in total. The molecule has 2 aliphatic carbocycles. The second-order valence-electron chi connectivity index (χ2n) is 24.3. The van der Waals surface area contributed by atoms with Gasteiger partial charge < -0.3 is 9.13 Å². The zero-order valence-corrected chi connectivity index (χ0v) is 47.3. The van der Waals surface area contributed by atoms with E-state index in [1.54, 1.807) is 0 Å². The smallest absolute Gasteiger partial charge is 0.0713 e. The summed E-state index contributed by atoms with van der Waals surface area (Å²) in [5, 5.41) is 15.3. The average Bonchev–Trinajstić information content (AvgIpc) is 1.97. The van der Waals surface area contributed by atoms with Crippen LogP contribution in [0.1, 0.15) is 47.2 Å². The molecule has 0 saturated carbocycles. The van der Waals surface area contributed by atoms with E-state index in [0.717, 1.165) is 0 Å². The lowest BCUT2D eigenvalue weighted by Crippen LogP contribution is -2.28. The molecular formula is C82H56N2. The van der Waals surface area contributed by atoms with Crippen LogP contribution in [0.5, 0.6) is 0 Å². The molecule has 16 aromatic rings. The van der Waals surface area contributed by atoms with Crippen LogP contribution in [0.4, 0.5) is 0 Å². The van der Waals surface area contributed by atoms with E-state index in [0.29, 0.717) is 0 Å². The second kappa shape index (κ2) is 17.1. The molecule has 0 amide bonds. The molecule has 2 heteroatoms. The maximum Gasteiger partial charge on any atom is 0.0713 e. The van der Waals surface area contributed by atoms with Gasteiger partial charge in [-0.3, -0.25) is 0 Å². The van der Waals surface area contributed by atoms with Crippen molar-refractivity contribution in [1.29, 1.82) is 0 Å². The van der Waals surface area contributed by atoms with Crippen molar-refractivity contribution in [2.75, 3.05) is 0 Å². The molecule has 0 spiro atoms. The third-order valence-corrected chi connectivity index (χ3v) is 20.0. The van der Waals surface area contributed by atoms with Crippen LogP contribution in [0.25, 0.3) is 142 Å². The lowest BCUT2D eigenvalue weighted by molar-refractivity contribution is 0.660. The highest BCUT2D eigenvalue weighted by Crippen LogP contribution is 2.58. The summed E-state index contributed by atoms with van der Waals surface area (Å²) in [6, 6.07) is 101. The standard InChI is InChI=1S/C82H56N2/c1-81(2)69-35-19-17-29-59(69)61-41-40-51(46-71(61)81)67-45-52(48-74-76(67)77-63-31-14-11-26-56(63)57-27-12-15-32-65(57)80(77)84(74)4)49-38-43-64-68(44-49)58-28-13-16-33-66(58)79-78(64)75-55(34-21-37-73(75)83(79)3)50-39-42-62-60-30-18-20-36-70(60)82(72(62)47-50,53-22-7-5-8-23-53)54-24-9-6-10-25-54/h5-48H,1-4H3. The van der Waals surface area contributed by atoms with E-state index < -0.39 is 5.41 Å². The van der Waals surface area contributed by atoms with Gasteiger partial charge in [0, 0.05) is 57.3 Å². The van der Waals surface area contributed by atoms with Gasteiger partial charge in [0.2, 0.25) is 0 Å². The Balaban J connectivity index is 0.896. The van der Waals surface area contributed by atoms with Crippen molar-refractivity contribution in [2.45, 2.75) is 24.7 Å². The van der Waals surface area contributed by atoms with Gasteiger partial charge in [-0.1, -0.05) is 244 Å². The lowest BCUT2D eigenvalue weighted by Gasteiger charge is -2.34. The van der Waals surface area contributed by atoms with Gasteiger partial charge in [0.1, 0.15) is 0 Å². The minimum absolute atomic E-state index is 0.145. The predicted octanol–water partition coefficient (Wildman–Crippen LogP) is 21.3. The van der Waals surface area contributed by atoms with Crippen LogP contribution in [0.15, 0.2) is 267 Å². The summed E-state index contributed by atoms with van der Waals surface area (Å²) in [6.07, 6.45) is 0. The van der Waals surface area contributed by atoms with E-state index in [-0.39, 0.29) is 5.41 Å². The Kier molecular flexibility index (Phi) is 9.67. The summed E-state index contributed by atoms with van der Waals surface area (Å²) in [4.78, 5) is 0. The maximum atomic E-state index is 2.53. The summed E-state index contributed by atoms with van der Waals surface area (Å²) >= 11 is 0. The molecule has 0 radical (unpaired) electrons. The van der Waals surface area contributed by atoms with Gasteiger partial charge >= 0.3 is 0 Å². The molecule has 394 valence electrons. The largest absolute Gasteiger partial charge is 0.343 e. The number of aryl methyl sites for hydroxylation is 2. The predicted molar refractivity (Wildman–Crippen MR) is 356 cm³/mol. The minimum atomic E-state index is -0.504. The van der Waals surface area contributed by atoms with Gasteiger partial charge in [-0.2, -0.15) is 0 Å². The first kappa shape index (κ1) is 47.4. The van der Waals surface area contributed by atoms with Gasteiger partial charge in [0.05, 0.1) is 22.0 Å². The lowest BCUT2D eigenvalue weighted by atomic mass is 9.67. The van der Waals surface area contributed by atoms with Crippen LogP contribution < -0.4 is 0 Å². The molecule has 0 saturated heterocycles. The number of aromatic nitrogens is 2. The highest BCUT2D eigenvalue weighted by atomic mass is 14.9. The molecule has 14 aromatic carbocycles. The Hall–Kier alpha value is -10.3. The summed E-state index contributed by atoms with van der Waals surface area (Å²) in [5.74, 6) is 0. The maximum absolute atomic E-state index is 2.53. The van der Waals surface area contributed by atoms with Gasteiger partial charge in [0.25, 0.3) is 0 Å². The second-order valence-corrected chi connectivity index (χ2v) is 24.3. The van der Waals surface area contributed by atoms with Gasteiger partial charge in [0.15, 0.2) is 0 Å². The molecule has 0 bridgehead atoms. The van der Waals surface area contributed by atoms with Crippen molar-refractivity contribution in [1.82, 2.24) is 9.13 Å². The minimum Gasteiger partial charge on any atom is -0.343 e. The Morgan fingerprint density at radius 2 is 0.702 bits per heavy atom. The first-order chi connectivity index (χ1) is 41.3. The molecular weight excluding hydrogens is 1010 g/mol. The summed E-state index contributed by atoms with van der Waals surface area (Å²) < 4.78 is 4.94. The first-order valence-corrected chi connectivity index (χ1v) is 29.6. The average molecular weight is 1070 g/mol. The van der Waals surface area contributed by atoms with E-state index in [9.17, 15) is 0 Å². The number of hydrogen-bond acceptors (Lipinski definition) is 0.